The van der Waals surface area contributed by atoms with Crippen LogP contribution in [0, 0.1) is 13.8 Å². The van der Waals surface area contributed by atoms with Crippen LogP contribution >= 0.6 is 0 Å². The van der Waals surface area contributed by atoms with Crippen LogP contribution in [-0.2, 0) is 17.9 Å². The number of hydrogen-bond acceptors (Lipinski definition) is 5. The summed E-state index contributed by atoms with van der Waals surface area (Å²) in [4.78, 5) is 14.5. The second-order valence-electron chi connectivity index (χ2n) is 7.88. The van der Waals surface area contributed by atoms with Crippen molar-refractivity contribution in [3.63, 3.8) is 0 Å². The standard InChI is InChI=1S/C21H29N5O2/c1-15-11-16(2)13-18(12-15)28-10-5-20(27)25-7-3-17(4-8-25)21-24-23-19-14-22-6-9-26(19)21/h11-13,17,22H,3-10,14H2,1-2H3. The number of nitrogens with one attached hydrogen (secondary N) is 1. The van der Waals surface area contributed by atoms with Crippen LogP contribution in [0.4, 0.5) is 0 Å². The average molecular weight is 383 g/mol. The lowest BCUT2D eigenvalue weighted by Gasteiger charge is -2.32. The zero-order valence-electron chi connectivity index (χ0n) is 16.8. The van der Waals surface area contributed by atoms with Crippen molar-refractivity contribution in [1.82, 2.24) is 25.0 Å². The van der Waals surface area contributed by atoms with Crippen molar-refractivity contribution in [1.29, 1.82) is 0 Å². The highest BCUT2D eigenvalue weighted by Crippen LogP contribution is 2.28. The Morgan fingerprint density at radius 2 is 1.89 bits per heavy atom. The molecule has 0 atom stereocenters. The van der Waals surface area contributed by atoms with E-state index in [0.29, 0.717) is 18.9 Å². The first-order valence-electron chi connectivity index (χ1n) is 10.2. The van der Waals surface area contributed by atoms with Crippen molar-refractivity contribution >= 4 is 5.91 Å². The molecule has 3 heterocycles. The van der Waals surface area contributed by atoms with Crippen molar-refractivity contribution in [3.05, 3.63) is 41.0 Å². The van der Waals surface area contributed by atoms with Crippen molar-refractivity contribution in [2.75, 3.05) is 26.2 Å². The van der Waals surface area contributed by atoms with Gasteiger partial charge in [-0.05, 0) is 49.9 Å². The minimum atomic E-state index is 0.176. The predicted octanol–water partition coefficient (Wildman–Crippen LogP) is 2.17. The van der Waals surface area contributed by atoms with Gasteiger partial charge < -0.3 is 19.5 Å². The Hall–Kier alpha value is -2.41. The largest absolute Gasteiger partial charge is 0.493 e. The molecule has 1 saturated heterocycles. The van der Waals surface area contributed by atoms with E-state index in [0.717, 1.165) is 63.0 Å². The van der Waals surface area contributed by atoms with E-state index < -0.39 is 0 Å². The van der Waals surface area contributed by atoms with Gasteiger partial charge in [0.25, 0.3) is 0 Å². The smallest absolute Gasteiger partial charge is 0.225 e. The molecule has 7 heteroatoms. The number of carbonyl (C=O) groups is 1. The molecule has 0 bridgehead atoms. The molecule has 2 aliphatic heterocycles. The Labute approximate surface area is 166 Å². The first-order valence-corrected chi connectivity index (χ1v) is 10.2. The summed E-state index contributed by atoms with van der Waals surface area (Å²) in [6.45, 7) is 8.80. The number of nitrogens with zero attached hydrogens (tertiary/aromatic N) is 4. The summed E-state index contributed by atoms with van der Waals surface area (Å²) in [7, 11) is 0. The van der Waals surface area contributed by atoms with E-state index in [1.165, 1.54) is 11.1 Å². The molecule has 2 aromatic rings. The second-order valence-corrected chi connectivity index (χ2v) is 7.88. The summed E-state index contributed by atoms with van der Waals surface area (Å²) in [5.41, 5.74) is 2.35. The molecule has 1 fully saturated rings. The van der Waals surface area contributed by atoms with Gasteiger partial charge in [0.05, 0.1) is 19.6 Å². The summed E-state index contributed by atoms with van der Waals surface area (Å²) < 4.78 is 8.06. The maximum Gasteiger partial charge on any atom is 0.225 e. The molecule has 0 spiro atoms. The molecular formula is C21H29N5O2. The van der Waals surface area contributed by atoms with Crippen molar-refractivity contribution in [2.24, 2.45) is 0 Å². The third kappa shape index (κ3) is 4.19. The third-order valence-electron chi connectivity index (χ3n) is 5.64. The van der Waals surface area contributed by atoms with Gasteiger partial charge in [-0.1, -0.05) is 6.07 Å². The van der Waals surface area contributed by atoms with Crippen LogP contribution < -0.4 is 10.1 Å². The third-order valence-corrected chi connectivity index (χ3v) is 5.64. The predicted molar refractivity (Wildman–Crippen MR) is 106 cm³/mol. The van der Waals surface area contributed by atoms with E-state index in [-0.39, 0.29) is 5.91 Å². The highest BCUT2D eigenvalue weighted by molar-refractivity contribution is 5.76. The Kier molecular flexibility index (Phi) is 5.62. The van der Waals surface area contributed by atoms with E-state index in [2.05, 4.69) is 40.0 Å². The highest BCUT2D eigenvalue weighted by Gasteiger charge is 2.28. The first-order chi connectivity index (χ1) is 13.6. The lowest BCUT2D eigenvalue weighted by atomic mass is 9.95. The van der Waals surface area contributed by atoms with Crippen LogP contribution in [0.5, 0.6) is 5.75 Å². The van der Waals surface area contributed by atoms with Gasteiger partial charge in [0.15, 0.2) is 0 Å². The van der Waals surface area contributed by atoms with Gasteiger partial charge in [0.2, 0.25) is 5.91 Å². The number of aryl methyl sites for hydroxylation is 2. The number of amides is 1. The maximum absolute atomic E-state index is 12.6. The number of carbonyl (C=O) groups excluding carboxylic acids is 1. The van der Waals surface area contributed by atoms with E-state index in [1.54, 1.807) is 0 Å². The second kappa shape index (κ2) is 8.31. The minimum absolute atomic E-state index is 0.176. The van der Waals surface area contributed by atoms with Gasteiger partial charge in [-0.3, -0.25) is 4.79 Å². The van der Waals surface area contributed by atoms with Crippen LogP contribution in [0.15, 0.2) is 18.2 Å². The Morgan fingerprint density at radius 3 is 2.64 bits per heavy atom. The zero-order chi connectivity index (χ0) is 19.5. The van der Waals surface area contributed by atoms with Crippen LogP contribution in [0.1, 0.15) is 48.0 Å². The molecule has 0 unspecified atom stereocenters. The normalized spacial score (nSPS) is 17.4. The quantitative estimate of drug-likeness (QED) is 0.857. The summed E-state index contributed by atoms with van der Waals surface area (Å²) in [5.74, 6) is 3.55. The number of ether oxygens (including phenoxy) is 1. The van der Waals surface area contributed by atoms with Crippen molar-refractivity contribution < 1.29 is 9.53 Å². The van der Waals surface area contributed by atoms with E-state index >= 15 is 0 Å². The van der Waals surface area contributed by atoms with Crippen LogP contribution in [0.2, 0.25) is 0 Å². The average Bonchev–Trinajstić information content (AvgIpc) is 3.11. The molecule has 7 nitrogen and oxygen atoms in total. The number of fused-ring (bicyclic) bond motifs is 1. The fourth-order valence-electron chi connectivity index (χ4n) is 4.23. The molecule has 2 aliphatic rings. The lowest BCUT2D eigenvalue weighted by molar-refractivity contribution is -0.132. The fraction of sp³-hybridized carbons (Fsp3) is 0.571. The molecule has 1 aromatic carbocycles. The zero-order valence-corrected chi connectivity index (χ0v) is 16.8. The molecule has 4 rings (SSSR count). The number of likely N-dealkylation sites (tertiary alicyclic amines) is 1. The SMILES string of the molecule is Cc1cc(C)cc(OCCC(=O)N2CCC(c3nnc4n3CCNC4)CC2)c1. The van der Waals surface area contributed by atoms with Gasteiger partial charge in [-0.2, -0.15) is 0 Å². The molecule has 1 aromatic heterocycles. The maximum atomic E-state index is 12.6. The molecule has 1 amide bonds. The number of benzene rings is 1. The highest BCUT2D eigenvalue weighted by atomic mass is 16.5. The van der Waals surface area contributed by atoms with Gasteiger partial charge in [0, 0.05) is 32.1 Å². The number of hydrogen-bond donors (Lipinski definition) is 1. The number of piperidine rings is 1. The lowest BCUT2D eigenvalue weighted by Crippen LogP contribution is -2.39. The van der Waals surface area contributed by atoms with Gasteiger partial charge >= 0.3 is 0 Å². The van der Waals surface area contributed by atoms with Gasteiger partial charge in [-0.25, -0.2) is 0 Å². The molecule has 0 saturated carbocycles. The van der Waals surface area contributed by atoms with Crippen LogP contribution in [0.25, 0.3) is 0 Å². The summed E-state index contributed by atoms with van der Waals surface area (Å²) >= 11 is 0. The Morgan fingerprint density at radius 1 is 1.14 bits per heavy atom. The molecular weight excluding hydrogens is 354 g/mol. The van der Waals surface area contributed by atoms with Crippen molar-refractivity contribution in [3.8, 4) is 5.75 Å². The Balaban J connectivity index is 1.25. The first kappa shape index (κ1) is 18.9. The monoisotopic (exact) mass is 383 g/mol. The van der Waals surface area contributed by atoms with E-state index in [1.807, 2.05) is 17.0 Å². The number of aromatic nitrogens is 3. The van der Waals surface area contributed by atoms with Gasteiger partial charge in [0.1, 0.15) is 17.4 Å². The molecule has 0 aliphatic carbocycles. The summed E-state index contributed by atoms with van der Waals surface area (Å²) in [6.07, 6.45) is 2.33. The number of rotatable bonds is 5. The minimum Gasteiger partial charge on any atom is -0.493 e. The molecule has 1 N–H and O–H groups in total. The van der Waals surface area contributed by atoms with E-state index in [4.69, 9.17) is 4.74 Å². The van der Waals surface area contributed by atoms with Crippen LogP contribution in [-0.4, -0.2) is 51.8 Å². The summed E-state index contributed by atoms with van der Waals surface area (Å²) in [5, 5.41) is 12.1. The molecule has 150 valence electrons. The Bertz CT molecular complexity index is 819. The summed E-state index contributed by atoms with van der Waals surface area (Å²) in [6, 6.07) is 6.14. The molecule has 0 radical (unpaired) electrons. The fourth-order valence-corrected chi connectivity index (χ4v) is 4.23. The van der Waals surface area contributed by atoms with Crippen LogP contribution in [0.3, 0.4) is 0 Å². The topological polar surface area (TPSA) is 72.3 Å². The van der Waals surface area contributed by atoms with Crippen molar-refractivity contribution in [2.45, 2.75) is 52.1 Å². The van der Waals surface area contributed by atoms with E-state index in [9.17, 15) is 4.79 Å². The van der Waals surface area contributed by atoms with Gasteiger partial charge in [-0.15, -0.1) is 10.2 Å². The molecule has 28 heavy (non-hydrogen) atoms.